The lowest BCUT2D eigenvalue weighted by Crippen LogP contribution is -2.65. The topological polar surface area (TPSA) is 79.5 Å². The number of alkyl halides is 3. The highest BCUT2D eigenvalue weighted by molar-refractivity contribution is 5.94. The van der Waals surface area contributed by atoms with Gasteiger partial charge in [-0.25, -0.2) is 4.39 Å². The predicted molar refractivity (Wildman–Crippen MR) is 142 cm³/mol. The van der Waals surface area contributed by atoms with Crippen molar-refractivity contribution in [2.75, 3.05) is 11.4 Å². The second kappa shape index (κ2) is 8.82. The van der Waals surface area contributed by atoms with Gasteiger partial charge in [0.2, 0.25) is 5.91 Å². The van der Waals surface area contributed by atoms with Gasteiger partial charge in [0.25, 0.3) is 5.89 Å². The maximum absolute atomic E-state index is 14.2. The summed E-state index contributed by atoms with van der Waals surface area (Å²) in [4.78, 5) is 19.8. The third-order valence-corrected chi connectivity index (χ3v) is 9.74. The molecule has 0 spiro atoms. The normalized spacial score (nSPS) is 32.5. The minimum absolute atomic E-state index is 0.000815. The second-order valence-electron chi connectivity index (χ2n) is 13.8. The van der Waals surface area contributed by atoms with Crippen molar-refractivity contribution >= 4 is 11.6 Å². The van der Waals surface area contributed by atoms with E-state index in [4.69, 9.17) is 4.52 Å². The number of aromatic nitrogens is 2. The van der Waals surface area contributed by atoms with E-state index in [2.05, 4.69) is 22.0 Å². The number of fused-ring (bicyclic) bond motifs is 3. The molecular formula is C31H36F3N3O3. The Labute approximate surface area is 232 Å². The van der Waals surface area contributed by atoms with Gasteiger partial charge in [0.1, 0.15) is 11.3 Å². The molecule has 40 heavy (non-hydrogen) atoms. The van der Waals surface area contributed by atoms with Crippen LogP contribution in [0.15, 0.2) is 28.8 Å². The van der Waals surface area contributed by atoms with Crippen molar-refractivity contribution in [3.05, 3.63) is 41.5 Å². The van der Waals surface area contributed by atoms with Crippen molar-refractivity contribution in [2.24, 2.45) is 10.8 Å². The van der Waals surface area contributed by atoms with E-state index in [0.29, 0.717) is 43.6 Å². The lowest BCUT2D eigenvalue weighted by atomic mass is 9.41. The number of aliphatic hydroxyl groups is 1. The van der Waals surface area contributed by atoms with Gasteiger partial charge in [0.05, 0.1) is 0 Å². The molecule has 0 radical (unpaired) electrons. The van der Waals surface area contributed by atoms with Crippen LogP contribution < -0.4 is 4.90 Å². The van der Waals surface area contributed by atoms with E-state index >= 15 is 0 Å². The number of benzene rings is 1. The van der Waals surface area contributed by atoms with Crippen LogP contribution in [0.4, 0.5) is 18.9 Å². The highest BCUT2D eigenvalue weighted by Gasteiger charge is 2.69. The number of hydrogen-bond acceptors (Lipinski definition) is 5. The van der Waals surface area contributed by atoms with E-state index in [0.717, 1.165) is 51.1 Å². The van der Waals surface area contributed by atoms with Crippen LogP contribution in [-0.4, -0.2) is 39.0 Å². The van der Waals surface area contributed by atoms with Crippen LogP contribution in [0.5, 0.6) is 0 Å². The molecule has 1 amide bonds. The molecule has 0 atom stereocenters. The minimum atomic E-state index is -3.18. The standard InChI is InChI=1S/C31H36F3N3O3/c1-26(2,39)8-7-21-5-4-6-22(15-21)37(23(38)16-29-17-31(34,18-29)19-29)20-28-9-12-30(13-10-28,14-11-28)24-35-25(40-36-24)27(3,32)33/h4-6,15,39H,9-14,16-20H2,1-3H3. The molecule has 4 bridgehead atoms. The molecule has 0 saturated heterocycles. The van der Waals surface area contributed by atoms with Crippen LogP contribution in [0.1, 0.15) is 102 Å². The zero-order valence-corrected chi connectivity index (χ0v) is 23.3. The Hall–Kier alpha value is -2.86. The summed E-state index contributed by atoms with van der Waals surface area (Å²) >= 11 is 0. The minimum Gasteiger partial charge on any atom is -0.378 e. The molecule has 6 aliphatic carbocycles. The van der Waals surface area contributed by atoms with Crippen LogP contribution in [0, 0.1) is 22.7 Å². The molecule has 6 fully saturated rings. The average Bonchev–Trinajstić information content (AvgIpc) is 3.38. The summed E-state index contributed by atoms with van der Waals surface area (Å²) in [5.41, 5.74) is -1.46. The second-order valence-corrected chi connectivity index (χ2v) is 13.8. The zero-order chi connectivity index (χ0) is 28.6. The number of hydrogen-bond donors (Lipinski definition) is 1. The van der Waals surface area contributed by atoms with Crippen molar-refractivity contribution in [3.8, 4) is 11.8 Å². The summed E-state index contributed by atoms with van der Waals surface area (Å²) in [5.74, 6) is 2.38. The Bertz CT molecular complexity index is 1350. The first-order chi connectivity index (χ1) is 18.6. The monoisotopic (exact) mass is 555 g/mol. The molecule has 6 nitrogen and oxygen atoms in total. The Morgan fingerprint density at radius 1 is 1.07 bits per heavy atom. The number of amides is 1. The molecule has 6 aliphatic rings. The van der Waals surface area contributed by atoms with Crippen molar-refractivity contribution in [1.29, 1.82) is 0 Å². The van der Waals surface area contributed by atoms with E-state index in [9.17, 15) is 23.1 Å². The van der Waals surface area contributed by atoms with Crippen LogP contribution in [0.25, 0.3) is 0 Å². The first-order valence-electron chi connectivity index (χ1n) is 14.2. The zero-order valence-electron chi connectivity index (χ0n) is 23.3. The predicted octanol–water partition coefficient (Wildman–Crippen LogP) is 6.21. The Kier molecular flexibility index (Phi) is 6.02. The Morgan fingerprint density at radius 3 is 2.27 bits per heavy atom. The first kappa shape index (κ1) is 27.3. The molecule has 214 valence electrons. The van der Waals surface area contributed by atoms with Gasteiger partial charge in [0, 0.05) is 36.6 Å². The smallest absolute Gasteiger partial charge is 0.322 e. The van der Waals surface area contributed by atoms with E-state index in [1.54, 1.807) is 13.8 Å². The van der Waals surface area contributed by atoms with Gasteiger partial charge in [-0.2, -0.15) is 13.8 Å². The lowest BCUT2D eigenvalue weighted by Gasteiger charge is -2.66. The first-order valence-corrected chi connectivity index (χ1v) is 14.2. The summed E-state index contributed by atoms with van der Waals surface area (Å²) in [6.07, 6.45) is 6.42. The van der Waals surface area contributed by atoms with E-state index in [1.165, 1.54) is 0 Å². The van der Waals surface area contributed by atoms with Gasteiger partial charge in [-0.15, -0.1) is 0 Å². The van der Waals surface area contributed by atoms with Crippen LogP contribution in [0.2, 0.25) is 0 Å². The quantitative estimate of drug-likeness (QED) is 0.411. The fourth-order valence-electron chi connectivity index (χ4n) is 7.55. The summed E-state index contributed by atoms with van der Waals surface area (Å²) in [7, 11) is 0. The lowest BCUT2D eigenvalue weighted by molar-refractivity contribution is -0.215. The maximum atomic E-state index is 14.2. The maximum Gasteiger partial charge on any atom is 0.322 e. The molecule has 2 aromatic rings. The molecule has 1 N–H and O–H groups in total. The molecule has 1 aromatic carbocycles. The fourth-order valence-corrected chi connectivity index (χ4v) is 7.55. The number of rotatable bonds is 7. The largest absolute Gasteiger partial charge is 0.378 e. The molecule has 8 rings (SSSR count). The summed E-state index contributed by atoms with van der Waals surface area (Å²) in [5, 5.41) is 14.0. The molecule has 0 aliphatic heterocycles. The highest BCUT2D eigenvalue weighted by atomic mass is 19.3. The van der Waals surface area contributed by atoms with Crippen molar-refractivity contribution in [3.63, 3.8) is 0 Å². The average molecular weight is 556 g/mol. The summed E-state index contributed by atoms with van der Waals surface area (Å²) in [6, 6.07) is 7.51. The summed E-state index contributed by atoms with van der Waals surface area (Å²) in [6.45, 7) is 4.53. The van der Waals surface area contributed by atoms with Crippen molar-refractivity contribution in [2.45, 2.75) is 108 Å². The number of carbonyl (C=O) groups is 1. The van der Waals surface area contributed by atoms with Gasteiger partial charge in [-0.05, 0) is 101 Å². The van der Waals surface area contributed by atoms with E-state index < -0.39 is 23.1 Å². The van der Waals surface area contributed by atoms with E-state index in [1.807, 2.05) is 29.2 Å². The third kappa shape index (κ3) is 4.93. The molecule has 6 saturated carbocycles. The Balaban J connectivity index is 1.23. The number of anilines is 1. The molecule has 1 heterocycles. The molecular weight excluding hydrogens is 519 g/mol. The van der Waals surface area contributed by atoms with Gasteiger partial charge in [-0.1, -0.05) is 23.1 Å². The van der Waals surface area contributed by atoms with Crippen molar-refractivity contribution in [1.82, 2.24) is 10.1 Å². The van der Waals surface area contributed by atoms with Crippen molar-refractivity contribution < 1.29 is 27.6 Å². The van der Waals surface area contributed by atoms with Crippen LogP contribution in [-0.2, 0) is 16.1 Å². The molecule has 1 aromatic heterocycles. The van der Waals surface area contributed by atoms with Gasteiger partial charge in [-0.3, -0.25) is 4.79 Å². The molecule has 9 heteroatoms. The van der Waals surface area contributed by atoms with Gasteiger partial charge >= 0.3 is 5.92 Å². The summed E-state index contributed by atoms with van der Waals surface area (Å²) < 4.78 is 46.6. The van der Waals surface area contributed by atoms with Gasteiger partial charge < -0.3 is 14.5 Å². The van der Waals surface area contributed by atoms with E-state index in [-0.39, 0.29) is 22.2 Å². The number of halogens is 3. The number of nitrogens with zero attached hydrogens (tertiary/aromatic N) is 3. The SMILES string of the molecule is CC(C)(O)C#Cc1cccc(N(CC23CCC(c4noc(C(C)(F)F)n4)(CC2)CC3)C(=O)CC23CC(F)(C2)C3)c1. The third-order valence-electron chi connectivity index (χ3n) is 9.74. The number of carbonyl (C=O) groups excluding carboxylic acids is 1. The van der Waals surface area contributed by atoms with Crippen LogP contribution >= 0.6 is 0 Å². The molecule has 0 unspecified atom stereocenters. The van der Waals surface area contributed by atoms with Gasteiger partial charge in [0.15, 0.2) is 5.82 Å². The Morgan fingerprint density at radius 2 is 1.73 bits per heavy atom. The van der Waals surface area contributed by atoms with Crippen LogP contribution in [0.3, 0.4) is 0 Å². The highest BCUT2D eigenvalue weighted by Crippen LogP contribution is 2.71. The fraction of sp³-hybridized carbons (Fsp3) is 0.645.